The first kappa shape index (κ1) is 40.3. The van der Waals surface area contributed by atoms with Gasteiger partial charge in [-0.05, 0) is 102 Å². The molecule has 0 spiro atoms. The molecular formula is C36H18O12Ru2. The molecule has 0 aliphatic rings. The third kappa shape index (κ3) is 10.1. The van der Waals surface area contributed by atoms with Crippen molar-refractivity contribution in [3.63, 3.8) is 0 Å². The van der Waals surface area contributed by atoms with Crippen molar-refractivity contribution in [2.75, 3.05) is 0 Å². The second-order valence-electron chi connectivity index (χ2n) is 10.1. The van der Waals surface area contributed by atoms with Crippen LogP contribution in [0.15, 0.2) is 109 Å². The van der Waals surface area contributed by atoms with Crippen molar-refractivity contribution in [3.05, 3.63) is 143 Å². The van der Waals surface area contributed by atoms with Crippen LogP contribution >= 0.6 is 0 Å². The number of hydrogen-bond acceptors (Lipinski definition) is 12. The maximum atomic E-state index is 10.6. The van der Waals surface area contributed by atoms with Crippen LogP contribution in [0.1, 0.15) is 62.1 Å². The van der Waals surface area contributed by atoms with Gasteiger partial charge in [-0.2, -0.15) is 0 Å². The van der Waals surface area contributed by atoms with Crippen LogP contribution in [0.3, 0.4) is 0 Å². The molecule has 2 radical (unpaired) electrons. The van der Waals surface area contributed by atoms with E-state index in [2.05, 4.69) is 0 Å². The minimum atomic E-state index is -1.26. The Morgan fingerprint density at radius 3 is 0.480 bits per heavy atom. The van der Waals surface area contributed by atoms with Crippen molar-refractivity contribution in [3.8, 4) is 0 Å². The number of fused-ring (bicyclic) bond motifs is 3. The van der Waals surface area contributed by atoms with Gasteiger partial charge in [0, 0.05) is 0 Å². The largest absolute Gasteiger partial charge is 3.00 e. The van der Waals surface area contributed by atoms with Crippen molar-refractivity contribution in [2.24, 2.45) is 0 Å². The van der Waals surface area contributed by atoms with Crippen molar-refractivity contribution < 1.29 is 98.4 Å². The molecule has 0 bridgehead atoms. The fourth-order valence-corrected chi connectivity index (χ4v) is 4.50. The number of rotatable bonds is 6. The molecule has 6 aromatic rings. The van der Waals surface area contributed by atoms with E-state index in [1.54, 1.807) is 0 Å². The number of benzene rings is 6. The molecule has 12 nitrogen and oxygen atoms in total. The Morgan fingerprint density at radius 2 is 0.380 bits per heavy atom. The Hall–Kier alpha value is -5.83. The van der Waals surface area contributed by atoms with E-state index in [1.807, 2.05) is 0 Å². The van der Waals surface area contributed by atoms with E-state index >= 15 is 0 Å². The summed E-state index contributed by atoms with van der Waals surface area (Å²) in [5, 5.41) is 67.5. The Kier molecular flexibility index (Phi) is 14.1. The second-order valence-corrected chi connectivity index (χ2v) is 10.1. The zero-order chi connectivity index (χ0) is 35.1. The van der Waals surface area contributed by atoms with Crippen LogP contribution in [0, 0.1) is 0 Å². The van der Waals surface area contributed by atoms with Gasteiger partial charge in [0.15, 0.2) is 0 Å². The minimum absolute atomic E-state index is 0. The van der Waals surface area contributed by atoms with E-state index in [9.17, 15) is 59.4 Å². The van der Waals surface area contributed by atoms with Gasteiger partial charge in [0.25, 0.3) is 0 Å². The van der Waals surface area contributed by atoms with E-state index in [-0.39, 0.29) is 72.3 Å². The first-order valence-electron chi connectivity index (χ1n) is 13.6. The van der Waals surface area contributed by atoms with Gasteiger partial charge in [0.1, 0.15) is 0 Å². The Balaban J connectivity index is 0.000000255. The van der Waals surface area contributed by atoms with Gasteiger partial charge in [-0.25, -0.2) is 0 Å². The molecule has 14 heteroatoms. The van der Waals surface area contributed by atoms with Crippen molar-refractivity contribution >= 4 is 68.1 Å². The second kappa shape index (κ2) is 17.5. The zero-order valence-electron chi connectivity index (χ0n) is 25.0. The summed E-state index contributed by atoms with van der Waals surface area (Å²) in [5.74, 6) is -7.55. The number of carboxylic acid groups (broad SMARTS) is 6. The molecule has 0 amide bonds. The van der Waals surface area contributed by atoms with Gasteiger partial charge >= 0.3 is 39.0 Å². The molecule has 50 heavy (non-hydrogen) atoms. The predicted octanol–water partition coefficient (Wildman–Crippen LogP) is -1.30. The monoisotopic (exact) mass is 846 g/mol. The average Bonchev–Trinajstić information content (AvgIpc) is 3.07. The molecule has 0 heterocycles. The Labute approximate surface area is 307 Å². The summed E-state index contributed by atoms with van der Waals surface area (Å²) >= 11 is 0. The summed E-state index contributed by atoms with van der Waals surface area (Å²) < 4.78 is 0. The fourth-order valence-electron chi connectivity index (χ4n) is 4.50. The van der Waals surface area contributed by atoms with Crippen molar-refractivity contribution in [1.82, 2.24) is 0 Å². The third-order valence-electron chi connectivity index (χ3n) is 6.93. The van der Waals surface area contributed by atoms with Gasteiger partial charge < -0.3 is 59.4 Å². The number of hydrogen-bond donors (Lipinski definition) is 0. The molecule has 0 aliphatic carbocycles. The first-order valence-corrected chi connectivity index (χ1v) is 13.6. The van der Waals surface area contributed by atoms with Gasteiger partial charge in [0.05, 0.1) is 35.8 Å². The van der Waals surface area contributed by atoms with E-state index in [1.165, 1.54) is 109 Å². The molecule has 6 rings (SSSR count). The number of aromatic carboxylic acids is 6. The molecular weight excluding hydrogens is 827 g/mol. The van der Waals surface area contributed by atoms with Crippen LogP contribution in [-0.4, -0.2) is 35.8 Å². The molecule has 0 atom stereocenters. The SMILES string of the molecule is O=C([O-])c1ccc2cc(C(=O)[O-])ccc2c1.O=C([O-])c1ccc2cc(C(=O)[O-])ccc2c1.O=C([O-])c1ccc2cc(C(=O)[O-])ccc2c1.[Ru+3].[Ru+3]. The van der Waals surface area contributed by atoms with Crippen LogP contribution in [0.5, 0.6) is 0 Å². The van der Waals surface area contributed by atoms with Crippen molar-refractivity contribution in [2.45, 2.75) is 0 Å². The predicted molar refractivity (Wildman–Crippen MR) is 158 cm³/mol. The minimum Gasteiger partial charge on any atom is -0.545 e. The van der Waals surface area contributed by atoms with Crippen LogP contribution < -0.4 is 30.6 Å². The number of carbonyl (C=O) groups excluding carboxylic acids is 6. The molecule has 0 fully saturated rings. The van der Waals surface area contributed by atoms with Crippen LogP contribution in [-0.2, 0) is 39.0 Å². The van der Waals surface area contributed by atoms with Crippen LogP contribution in [0.4, 0.5) is 0 Å². The standard InChI is InChI=1S/3C12H8O4.2Ru/c3*13-11(14)9-3-1-7-5-10(12(15)16)4-2-8(7)6-9;;/h3*1-6H,(H,13,14)(H,15,16);;/q;;;2*+3/p-6. The van der Waals surface area contributed by atoms with Gasteiger partial charge in [-0.3, -0.25) is 0 Å². The molecule has 0 saturated carbocycles. The Bertz CT molecular complexity index is 1870. The summed E-state index contributed by atoms with van der Waals surface area (Å²) in [4.78, 5) is 63.6. The quantitative estimate of drug-likeness (QED) is 0.178. The van der Waals surface area contributed by atoms with Crippen LogP contribution in [0.2, 0.25) is 0 Å². The summed E-state index contributed by atoms with van der Waals surface area (Å²) in [6.07, 6.45) is 0. The third-order valence-corrected chi connectivity index (χ3v) is 6.93. The summed E-state index contributed by atoms with van der Waals surface area (Å²) in [6.45, 7) is 0. The summed E-state index contributed by atoms with van der Waals surface area (Å²) in [6, 6.07) is 26.0. The number of carboxylic acids is 6. The normalized spacial score (nSPS) is 9.84. The summed E-state index contributed by atoms with van der Waals surface area (Å²) in [5.41, 5.74) is 0.382. The molecule has 0 aromatic heterocycles. The molecule has 0 unspecified atom stereocenters. The van der Waals surface area contributed by atoms with Gasteiger partial charge in [-0.1, -0.05) is 72.8 Å². The van der Waals surface area contributed by atoms with Crippen LogP contribution in [0.25, 0.3) is 32.3 Å². The summed E-state index contributed by atoms with van der Waals surface area (Å²) in [7, 11) is 0. The van der Waals surface area contributed by atoms with E-state index in [0.29, 0.717) is 32.3 Å². The molecule has 0 N–H and O–H groups in total. The first-order chi connectivity index (χ1) is 22.7. The maximum Gasteiger partial charge on any atom is 3.00 e. The van der Waals surface area contributed by atoms with Gasteiger partial charge in [-0.15, -0.1) is 0 Å². The van der Waals surface area contributed by atoms with Crippen molar-refractivity contribution in [1.29, 1.82) is 0 Å². The smallest absolute Gasteiger partial charge is 0.545 e. The molecule has 6 aromatic carbocycles. The topological polar surface area (TPSA) is 241 Å². The van der Waals surface area contributed by atoms with Gasteiger partial charge in [0.2, 0.25) is 0 Å². The van der Waals surface area contributed by atoms with E-state index < -0.39 is 35.8 Å². The zero-order valence-corrected chi connectivity index (χ0v) is 28.5. The average molecular weight is 845 g/mol. The van der Waals surface area contributed by atoms with E-state index in [4.69, 9.17) is 0 Å². The Morgan fingerprint density at radius 1 is 0.260 bits per heavy atom. The fraction of sp³-hybridized carbons (Fsp3) is 0. The van der Waals surface area contributed by atoms with E-state index in [0.717, 1.165) is 0 Å². The molecule has 0 saturated heterocycles. The number of carbonyl (C=O) groups is 6. The maximum absolute atomic E-state index is 10.6. The molecule has 0 aliphatic heterocycles. The molecule has 250 valence electrons.